The van der Waals surface area contributed by atoms with Crippen LogP contribution in [0.15, 0.2) is 41.3 Å². The van der Waals surface area contributed by atoms with Crippen LogP contribution in [0.5, 0.6) is 0 Å². The van der Waals surface area contributed by atoms with Gasteiger partial charge in [-0.25, -0.2) is 13.1 Å². The molecular weight excluding hydrogens is 555 g/mol. The van der Waals surface area contributed by atoms with E-state index in [4.69, 9.17) is 5.26 Å². The number of sulfonamides is 1. The molecule has 2 aliphatic heterocycles. The second-order valence-corrected chi connectivity index (χ2v) is 12.9. The Morgan fingerprint density at radius 3 is 2.41 bits per heavy atom. The molecule has 0 aromatic heterocycles. The third-order valence-electron chi connectivity index (χ3n) is 8.42. The lowest BCUT2D eigenvalue weighted by Crippen LogP contribution is -2.47. The van der Waals surface area contributed by atoms with Crippen molar-refractivity contribution >= 4 is 27.3 Å². The summed E-state index contributed by atoms with van der Waals surface area (Å²) < 4.78 is 68.7. The third-order valence-corrected chi connectivity index (χ3v) is 9.93. The molecule has 0 bridgehead atoms. The van der Waals surface area contributed by atoms with Gasteiger partial charge in [-0.2, -0.15) is 18.4 Å². The molecule has 2 aromatic carbocycles. The number of fused-ring (bicyclic) bond motifs is 1. The van der Waals surface area contributed by atoms with E-state index in [9.17, 15) is 26.4 Å². The van der Waals surface area contributed by atoms with Crippen LogP contribution in [0.2, 0.25) is 0 Å². The topological polar surface area (TPSA) is 106 Å². The number of alkyl halides is 3. The number of amides is 1. The fourth-order valence-corrected chi connectivity index (χ4v) is 7.36. The van der Waals surface area contributed by atoms with Crippen LogP contribution in [0.3, 0.4) is 0 Å². The Morgan fingerprint density at radius 1 is 1.00 bits per heavy atom. The summed E-state index contributed by atoms with van der Waals surface area (Å²) in [6, 6.07) is 10.1. The number of piperazine rings is 1. The molecule has 8 nitrogen and oxygen atoms in total. The number of anilines is 2. The van der Waals surface area contributed by atoms with Gasteiger partial charge in [-0.1, -0.05) is 0 Å². The maximum Gasteiger partial charge on any atom is 0.416 e. The number of carbonyl (C=O) groups excluding carboxylic acids is 1. The summed E-state index contributed by atoms with van der Waals surface area (Å²) in [5, 5.41) is 11.9. The first-order chi connectivity index (χ1) is 19.5. The highest BCUT2D eigenvalue weighted by atomic mass is 32.2. The maximum atomic E-state index is 13.3. The number of rotatable bonds is 7. The van der Waals surface area contributed by atoms with Gasteiger partial charge in [-0.3, -0.25) is 9.69 Å². The van der Waals surface area contributed by atoms with Crippen molar-refractivity contribution in [3.8, 4) is 6.07 Å². The summed E-state index contributed by atoms with van der Waals surface area (Å²) in [5.41, 5.74) is 1.14. The van der Waals surface area contributed by atoms with E-state index >= 15 is 0 Å². The molecule has 0 spiro atoms. The van der Waals surface area contributed by atoms with E-state index < -0.39 is 21.8 Å². The monoisotopic (exact) mass is 589 g/mol. The number of benzene rings is 2. The van der Waals surface area contributed by atoms with Crippen LogP contribution < -0.4 is 14.9 Å². The van der Waals surface area contributed by atoms with Gasteiger partial charge in [0.15, 0.2) is 0 Å². The largest absolute Gasteiger partial charge is 0.416 e. The summed E-state index contributed by atoms with van der Waals surface area (Å²) in [7, 11) is -3.65. The van der Waals surface area contributed by atoms with Crippen molar-refractivity contribution in [2.45, 2.75) is 62.1 Å². The van der Waals surface area contributed by atoms with Gasteiger partial charge in [0.1, 0.15) is 0 Å². The standard InChI is InChI=1S/C29H34F3N5O3S/c30-29(31,32)23-15-21(19-33)16-25(18-23)37-13-11-36(12-14-37)10-9-20-1-4-24(5-2-20)35-41(39,40)26-6-7-27-22(17-26)3-8-28(38)34-27/h6-7,15-18,20,24,35H,1-5,8-14H2,(H,34,38). The zero-order chi connectivity index (χ0) is 29.2. The third kappa shape index (κ3) is 7.20. The number of nitrogens with one attached hydrogen (secondary N) is 2. The summed E-state index contributed by atoms with van der Waals surface area (Å²) in [6.07, 6.45) is 0.794. The molecule has 2 aromatic rings. The van der Waals surface area contributed by atoms with Crippen molar-refractivity contribution in [1.82, 2.24) is 9.62 Å². The van der Waals surface area contributed by atoms with Crippen LogP contribution in [-0.4, -0.2) is 58.0 Å². The second-order valence-electron chi connectivity index (χ2n) is 11.2. The molecule has 0 radical (unpaired) electrons. The van der Waals surface area contributed by atoms with Crippen LogP contribution in [0, 0.1) is 17.2 Å². The normalized spacial score (nSPS) is 22.1. The first-order valence-electron chi connectivity index (χ1n) is 14.0. The number of hydrogen-bond acceptors (Lipinski definition) is 6. The minimum absolute atomic E-state index is 0.00724. The van der Waals surface area contributed by atoms with E-state index in [0.717, 1.165) is 69.4 Å². The minimum Gasteiger partial charge on any atom is -0.369 e. The molecule has 1 saturated heterocycles. The van der Waals surface area contributed by atoms with E-state index in [1.54, 1.807) is 12.1 Å². The molecule has 220 valence electrons. The lowest BCUT2D eigenvalue weighted by atomic mass is 9.84. The first-order valence-corrected chi connectivity index (χ1v) is 15.5. The zero-order valence-corrected chi connectivity index (χ0v) is 23.5. The van der Waals surface area contributed by atoms with Gasteiger partial charge in [0.05, 0.1) is 22.1 Å². The Morgan fingerprint density at radius 2 is 1.73 bits per heavy atom. The molecule has 1 amide bonds. The second kappa shape index (κ2) is 12.0. The molecule has 0 unspecified atom stereocenters. The number of halogens is 3. The Balaban J connectivity index is 1.06. The Bertz CT molecular complexity index is 1420. The van der Waals surface area contributed by atoms with Gasteiger partial charge in [0.2, 0.25) is 15.9 Å². The van der Waals surface area contributed by atoms with Gasteiger partial charge in [0.25, 0.3) is 0 Å². The molecule has 2 fully saturated rings. The molecule has 0 atom stereocenters. The van der Waals surface area contributed by atoms with Crippen LogP contribution in [0.1, 0.15) is 55.2 Å². The number of hydrogen-bond donors (Lipinski definition) is 2. The van der Waals surface area contributed by atoms with Crippen LogP contribution >= 0.6 is 0 Å². The first kappa shape index (κ1) is 29.4. The minimum atomic E-state index is -4.50. The summed E-state index contributed by atoms with van der Waals surface area (Å²) >= 11 is 0. The SMILES string of the molecule is N#Cc1cc(N2CCN(CCC3CCC(NS(=O)(=O)c4ccc5c(c4)CCC(=O)N5)CC3)CC2)cc(C(F)(F)F)c1. The Kier molecular flexibility index (Phi) is 8.59. The summed E-state index contributed by atoms with van der Waals surface area (Å²) in [6.45, 7) is 3.55. The molecule has 1 saturated carbocycles. The molecule has 1 aliphatic carbocycles. The predicted molar refractivity (Wildman–Crippen MR) is 149 cm³/mol. The van der Waals surface area contributed by atoms with E-state index in [1.807, 2.05) is 11.0 Å². The molecule has 3 aliphatic rings. The molecule has 41 heavy (non-hydrogen) atoms. The van der Waals surface area contributed by atoms with Crippen molar-refractivity contribution in [3.05, 3.63) is 53.1 Å². The highest BCUT2D eigenvalue weighted by Gasteiger charge is 2.32. The van der Waals surface area contributed by atoms with Crippen molar-refractivity contribution < 1.29 is 26.4 Å². The lowest BCUT2D eigenvalue weighted by molar-refractivity contribution is -0.137. The van der Waals surface area contributed by atoms with E-state index in [1.165, 1.54) is 12.1 Å². The maximum absolute atomic E-state index is 13.3. The Labute approximate surface area is 238 Å². The average molecular weight is 590 g/mol. The van der Waals surface area contributed by atoms with Crippen molar-refractivity contribution in [2.75, 3.05) is 42.9 Å². The fourth-order valence-electron chi connectivity index (χ4n) is 6.00. The summed E-state index contributed by atoms with van der Waals surface area (Å²) in [4.78, 5) is 16.0. The lowest BCUT2D eigenvalue weighted by Gasteiger charge is -2.37. The number of nitrogens with zero attached hydrogens (tertiary/aromatic N) is 3. The van der Waals surface area contributed by atoms with Crippen LogP contribution in [0.25, 0.3) is 0 Å². The van der Waals surface area contributed by atoms with E-state index in [2.05, 4.69) is 14.9 Å². The van der Waals surface area contributed by atoms with Gasteiger partial charge in [0, 0.05) is 50.0 Å². The van der Waals surface area contributed by atoms with Gasteiger partial charge < -0.3 is 10.2 Å². The molecule has 5 rings (SSSR count). The number of carbonyl (C=O) groups is 1. The smallest absolute Gasteiger partial charge is 0.369 e. The van der Waals surface area contributed by atoms with E-state index in [-0.39, 0.29) is 22.4 Å². The van der Waals surface area contributed by atoms with Crippen LogP contribution in [-0.2, 0) is 27.4 Å². The zero-order valence-electron chi connectivity index (χ0n) is 22.7. The Hall–Kier alpha value is -3.14. The van der Waals surface area contributed by atoms with Crippen molar-refractivity contribution in [1.29, 1.82) is 5.26 Å². The predicted octanol–water partition coefficient (Wildman–Crippen LogP) is 4.51. The van der Waals surface area contributed by atoms with Gasteiger partial charge in [-0.15, -0.1) is 0 Å². The molecule has 2 heterocycles. The van der Waals surface area contributed by atoms with Crippen LogP contribution in [0.4, 0.5) is 24.5 Å². The average Bonchev–Trinajstić information content (AvgIpc) is 2.96. The molecule has 12 heteroatoms. The fraction of sp³-hybridized carbons (Fsp3) is 0.517. The van der Waals surface area contributed by atoms with Gasteiger partial charge in [-0.05, 0) is 92.9 Å². The van der Waals surface area contributed by atoms with Crippen molar-refractivity contribution in [3.63, 3.8) is 0 Å². The summed E-state index contributed by atoms with van der Waals surface area (Å²) in [5.74, 6) is 0.443. The van der Waals surface area contributed by atoms with Crippen molar-refractivity contribution in [2.24, 2.45) is 5.92 Å². The van der Waals surface area contributed by atoms with E-state index in [0.29, 0.717) is 43.2 Å². The quantitative estimate of drug-likeness (QED) is 0.493. The number of nitriles is 1. The number of aryl methyl sites for hydroxylation is 1. The van der Waals surface area contributed by atoms with Gasteiger partial charge >= 0.3 is 6.18 Å². The highest BCUT2D eigenvalue weighted by molar-refractivity contribution is 7.89. The highest BCUT2D eigenvalue weighted by Crippen LogP contribution is 2.34. The molecular formula is C29H34F3N5O3S. The molecule has 2 N–H and O–H groups in total.